The summed E-state index contributed by atoms with van der Waals surface area (Å²) in [5, 5.41) is 0. The molecule has 2 aromatic rings. The quantitative estimate of drug-likeness (QED) is 0.738. The molecule has 0 amide bonds. The number of rotatable bonds is 4. The Morgan fingerprint density at radius 1 is 1.50 bits per heavy atom. The number of nitrogens with two attached hydrogens (primary N) is 1. The Kier molecular flexibility index (Phi) is 3.68. The molecule has 0 fully saturated rings. The third-order valence-electron chi connectivity index (χ3n) is 2.90. The van der Waals surface area contributed by atoms with Gasteiger partial charge in [-0.2, -0.15) is 0 Å². The molecule has 2 heterocycles. The molecule has 2 rings (SSSR count). The molecule has 2 aromatic heterocycles. The van der Waals surface area contributed by atoms with Crippen molar-refractivity contribution in [1.82, 2.24) is 14.5 Å². The normalized spacial score (nSPS) is 13.3. The van der Waals surface area contributed by atoms with Crippen LogP contribution in [0.1, 0.15) is 20.3 Å². The molecule has 6 heteroatoms. The van der Waals surface area contributed by atoms with E-state index < -0.39 is 0 Å². The Morgan fingerprint density at radius 3 is 2.89 bits per heavy atom. The highest BCUT2D eigenvalue weighted by atomic mass is 32.1. The maximum absolute atomic E-state index is 11.7. The fraction of sp³-hybridized carbons (Fsp3) is 0.500. The smallest absolute Gasteiger partial charge is 0.276 e. The van der Waals surface area contributed by atoms with Crippen molar-refractivity contribution in [1.29, 1.82) is 0 Å². The highest BCUT2D eigenvalue weighted by Crippen LogP contribution is 2.11. The van der Waals surface area contributed by atoms with E-state index in [0.29, 0.717) is 22.8 Å². The van der Waals surface area contributed by atoms with E-state index in [1.807, 2.05) is 10.6 Å². The molecule has 0 aromatic carbocycles. The largest absolute Gasteiger partial charge is 0.355 e. The fourth-order valence-corrected chi connectivity index (χ4v) is 2.47. The Hall–Kier alpha value is -1.40. The van der Waals surface area contributed by atoms with Crippen LogP contribution in [-0.2, 0) is 6.54 Å². The molecule has 0 aliphatic heterocycles. The van der Waals surface area contributed by atoms with Crippen LogP contribution in [0.5, 0.6) is 0 Å². The van der Waals surface area contributed by atoms with Gasteiger partial charge in [0.1, 0.15) is 5.52 Å². The van der Waals surface area contributed by atoms with Crippen LogP contribution in [0, 0.1) is 10.7 Å². The monoisotopic (exact) mass is 266 g/mol. The zero-order chi connectivity index (χ0) is 13.3. The van der Waals surface area contributed by atoms with Crippen LogP contribution in [0.15, 0.2) is 17.1 Å². The van der Waals surface area contributed by atoms with E-state index in [0.717, 1.165) is 11.9 Å². The van der Waals surface area contributed by atoms with Crippen molar-refractivity contribution >= 4 is 23.3 Å². The van der Waals surface area contributed by atoms with Crippen molar-refractivity contribution in [3.8, 4) is 0 Å². The van der Waals surface area contributed by atoms with Crippen LogP contribution in [0.4, 0.5) is 0 Å². The highest BCUT2D eigenvalue weighted by Gasteiger charge is 2.11. The Bertz CT molecular complexity index is 652. The molecule has 0 saturated heterocycles. The predicted octanol–water partition coefficient (Wildman–Crippen LogP) is 1.76. The zero-order valence-corrected chi connectivity index (χ0v) is 11.4. The number of aromatic amines is 2. The van der Waals surface area contributed by atoms with E-state index in [1.54, 1.807) is 6.20 Å². The minimum atomic E-state index is -0.186. The Labute approximate surface area is 110 Å². The maximum Gasteiger partial charge on any atom is 0.276 e. The van der Waals surface area contributed by atoms with Crippen molar-refractivity contribution in [2.45, 2.75) is 32.9 Å². The Balaban J connectivity index is 2.42. The zero-order valence-electron chi connectivity index (χ0n) is 10.6. The van der Waals surface area contributed by atoms with Crippen LogP contribution >= 0.6 is 12.2 Å². The van der Waals surface area contributed by atoms with Gasteiger partial charge in [-0.1, -0.05) is 13.8 Å². The summed E-state index contributed by atoms with van der Waals surface area (Å²) in [5.74, 6) is 0.540. The molecule has 0 bridgehead atoms. The van der Waals surface area contributed by atoms with Crippen molar-refractivity contribution in [2.75, 3.05) is 0 Å². The molecule has 0 aliphatic carbocycles. The summed E-state index contributed by atoms with van der Waals surface area (Å²) in [6, 6.07) is 1.88. The first kappa shape index (κ1) is 13.0. The van der Waals surface area contributed by atoms with E-state index in [9.17, 15) is 4.79 Å². The molecule has 18 heavy (non-hydrogen) atoms. The van der Waals surface area contributed by atoms with Crippen molar-refractivity contribution in [3.63, 3.8) is 0 Å². The van der Waals surface area contributed by atoms with E-state index in [-0.39, 0.29) is 11.6 Å². The first-order valence-corrected chi connectivity index (χ1v) is 6.45. The standard InChI is InChI=1S/C12H18N4OS/c1-7(2)5-8(13)6-16-9-3-4-14-10(9)11(17)15-12(16)18/h3-4,7-8,14H,5-6,13H2,1-2H3,(H,15,17,18)/t8-/m0/s1. The fourth-order valence-electron chi connectivity index (χ4n) is 2.20. The molecule has 0 unspecified atom stereocenters. The predicted molar refractivity (Wildman–Crippen MR) is 75.2 cm³/mol. The third kappa shape index (κ3) is 2.54. The van der Waals surface area contributed by atoms with Crippen molar-refractivity contribution < 1.29 is 0 Å². The number of nitrogens with one attached hydrogen (secondary N) is 2. The van der Waals surface area contributed by atoms with Crippen LogP contribution in [0.2, 0.25) is 0 Å². The van der Waals surface area contributed by atoms with Crippen molar-refractivity contribution in [3.05, 3.63) is 27.4 Å². The molecule has 1 atom stereocenters. The SMILES string of the molecule is CC(C)C[C@H](N)Cn1c(=S)[nH]c(=O)c2[nH]ccc21. The summed E-state index contributed by atoms with van der Waals surface area (Å²) in [6.07, 6.45) is 2.66. The number of hydrogen-bond donors (Lipinski definition) is 3. The van der Waals surface area contributed by atoms with Gasteiger partial charge >= 0.3 is 0 Å². The maximum atomic E-state index is 11.7. The minimum absolute atomic E-state index is 0.0284. The van der Waals surface area contributed by atoms with Crippen LogP contribution in [0.3, 0.4) is 0 Å². The molecule has 0 saturated carbocycles. The summed E-state index contributed by atoms with van der Waals surface area (Å²) in [6.45, 7) is 4.89. The van der Waals surface area contributed by atoms with E-state index in [4.69, 9.17) is 18.0 Å². The number of aromatic nitrogens is 3. The van der Waals surface area contributed by atoms with Gasteiger partial charge in [0.2, 0.25) is 0 Å². The second-order valence-corrected chi connectivity index (χ2v) is 5.38. The van der Waals surface area contributed by atoms with Crippen LogP contribution in [0.25, 0.3) is 11.0 Å². The summed E-state index contributed by atoms with van der Waals surface area (Å²) in [5.41, 5.74) is 7.27. The lowest BCUT2D eigenvalue weighted by atomic mass is 10.0. The molecule has 0 spiro atoms. The molecular weight excluding hydrogens is 248 g/mol. The first-order valence-electron chi connectivity index (χ1n) is 6.05. The molecule has 0 radical (unpaired) electrons. The van der Waals surface area contributed by atoms with Gasteiger partial charge in [0.15, 0.2) is 4.77 Å². The second-order valence-electron chi connectivity index (χ2n) is 5.00. The number of hydrogen-bond acceptors (Lipinski definition) is 3. The number of H-pyrrole nitrogens is 2. The van der Waals surface area contributed by atoms with E-state index >= 15 is 0 Å². The summed E-state index contributed by atoms with van der Waals surface area (Å²) < 4.78 is 2.31. The van der Waals surface area contributed by atoms with Gasteiger partial charge in [0, 0.05) is 18.8 Å². The molecular formula is C12H18N4OS. The van der Waals surface area contributed by atoms with Gasteiger partial charge in [0.25, 0.3) is 5.56 Å². The highest BCUT2D eigenvalue weighted by molar-refractivity contribution is 7.71. The van der Waals surface area contributed by atoms with E-state index in [2.05, 4.69) is 23.8 Å². The molecule has 98 valence electrons. The van der Waals surface area contributed by atoms with Gasteiger partial charge in [-0.05, 0) is 30.6 Å². The van der Waals surface area contributed by atoms with Gasteiger partial charge in [-0.3, -0.25) is 9.78 Å². The number of fused-ring (bicyclic) bond motifs is 1. The summed E-state index contributed by atoms with van der Waals surface area (Å²) in [4.78, 5) is 17.3. The van der Waals surface area contributed by atoms with Crippen LogP contribution < -0.4 is 11.3 Å². The lowest BCUT2D eigenvalue weighted by Crippen LogP contribution is -2.29. The Morgan fingerprint density at radius 2 is 2.22 bits per heavy atom. The van der Waals surface area contributed by atoms with Gasteiger partial charge in [-0.25, -0.2) is 0 Å². The lowest BCUT2D eigenvalue weighted by molar-refractivity contribution is 0.448. The molecule has 0 aliphatic rings. The summed E-state index contributed by atoms with van der Waals surface area (Å²) in [7, 11) is 0. The minimum Gasteiger partial charge on any atom is -0.355 e. The van der Waals surface area contributed by atoms with Gasteiger partial charge in [0.05, 0.1) is 5.52 Å². The van der Waals surface area contributed by atoms with Gasteiger partial charge < -0.3 is 15.3 Å². The molecule has 5 nitrogen and oxygen atoms in total. The lowest BCUT2D eigenvalue weighted by Gasteiger charge is -2.16. The molecule has 4 N–H and O–H groups in total. The average molecular weight is 266 g/mol. The number of nitrogens with zero attached hydrogens (tertiary/aromatic N) is 1. The second kappa shape index (κ2) is 5.07. The first-order chi connectivity index (χ1) is 8.49. The average Bonchev–Trinajstić information content (AvgIpc) is 2.72. The van der Waals surface area contributed by atoms with Crippen LogP contribution in [-0.4, -0.2) is 20.6 Å². The third-order valence-corrected chi connectivity index (χ3v) is 3.22. The summed E-state index contributed by atoms with van der Waals surface area (Å²) >= 11 is 5.20. The van der Waals surface area contributed by atoms with Crippen molar-refractivity contribution in [2.24, 2.45) is 11.7 Å². The van der Waals surface area contributed by atoms with Gasteiger partial charge in [-0.15, -0.1) is 0 Å². The topological polar surface area (TPSA) is 79.6 Å². The van der Waals surface area contributed by atoms with E-state index in [1.165, 1.54) is 0 Å².